The van der Waals surface area contributed by atoms with Crippen molar-refractivity contribution in [3.8, 4) is 0 Å². The second kappa shape index (κ2) is 9.31. The van der Waals surface area contributed by atoms with Crippen molar-refractivity contribution in [2.24, 2.45) is 17.8 Å². The number of rotatable bonds is 10. The molecule has 0 aromatic carbocycles. The molecule has 0 aliphatic heterocycles. The average Bonchev–Trinajstić information content (AvgIpc) is 3.72. The van der Waals surface area contributed by atoms with Crippen LogP contribution >= 0.6 is 0 Å². The van der Waals surface area contributed by atoms with Gasteiger partial charge in [0.1, 0.15) is 11.7 Å². The molecule has 3 aromatic heterocycles. The first-order valence-corrected chi connectivity index (χ1v) is 12.5. The van der Waals surface area contributed by atoms with E-state index in [0.29, 0.717) is 29.8 Å². The molecule has 0 bridgehead atoms. The first-order chi connectivity index (χ1) is 16.8. The van der Waals surface area contributed by atoms with Gasteiger partial charge >= 0.3 is 0 Å². The normalized spacial score (nSPS) is 16.6. The molecular formula is C25H34N8O2. The number of aromatic nitrogens is 6. The smallest absolute Gasteiger partial charge is 0.270 e. The minimum Gasteiger partial charge on any atom is -0.339 e. The Labute approximate surface area is 204 Å². The van der Waals surface area contributed by atoms with Crippen LogP contribution < -0.4 is 10.6 Å². The highest BCUT2D eigenvalue weighted by Crippen LogP contribution is 2.50. The number of anilines is 1. The molecule has 3 N–H and O–H groups in total. The highest BCUT2D eigenvalue weighted by Gasteiger charge is 2.48. The van der Waals surface area contributed by atoms with Crippen molar-refractivity contribution < 1.29 is 9.59 Å². The highest BCUT2D eigenvalue weighted by atomic mass is 16.2. The van der Waals surface area contributed by atoms with Crippen molar-refractivity contribution in [2.75, 3.05) is 5.32 Å². The van der Waals surface area contributed by atoms with Gasteiger partial charge in [-0.15, -0.1) is 0 Å². The molecular weight excluding hydrogens is 444 g/mol. The molecule has 35 heavy (non-hydrogen) atoms. The summed E-state index contributed by atoms with van der Waals surface area (Å²) in [5.74, 6) is 0.685. The third kappa shape index (κ3) is 5.01. The quantitative estimate of drug-likeness (QED) is 0.413. The first kappa shape index (κ1) is 23.3. The van der Waals surface area contributed by atoms with E-state index in [2.05, 4.69) is 31.0 Å². The Balaban J connectivity index is 1.33. The minimum atomic E-state index is -0.597. The van der Waals surface area contributed by atoms with Crippen LogP contribution in [0.3, 0.4) is 0 Å². The van der Waals surface area contributed by atoms with Crippen LogP contribution in [0.1, 0.15) is 73.0 Å². The van der Waals surface area contributed by atoms with Crippen molar-refractivity contribution in [2.45, 2.75) is 72.0 Å². The Morgan fingerprint density at radius 1 is 1.14 bits per heavy atom. The van der Waals surface area contributed by atoms with Gasteiger partial charge in [-0.05, 0) is 77.2 Å². The number of carbonyl (C=O) groups excluding carboxylic acids is 2. The lowest BCUT2D eigenvalue weighted by atomic mass is 9.88. The second-order valence-electron chi connectivity index (χ2n) is 10.3. The molecule has 3 heterocycles. The monoisotopic (exact) mass is 478 g/mol. The fraction of sp³-hybridized carbons (Fsp3) is 0.560. The standard InChI is InChI=1S/C25H34N8O2/c1-14(2)33-21(9-10-26-33)24(34)29-23(22(17-5-6-17)18-7-8-18)25(35)28-19-11-27-32(12-19)13-20-15(3)30-31-16(20)4/h9-12,14,17-18,22-23H,5-8,13H2,1-4H3,(H,28,35)(H,29,34)(H,30,31)/t23-/m0/s1. The van der Waals surface area contributed by atoms with Gasteiger partial charge in [0.05, 0.1) is 24.1 Å². The molecule has 2 aliphatic carbocycles. The van der Waals surface area contributed by atoms with Gasteiger partial charge in [-0.2, -0.15) is 15.3 Å². The molecule has 0 unspecified atom stereocenters. The Morgan fingerprint density at radius 3 is 2.46 bits per heavy atom. The van der Waals surface area contributed by atoms with Gasteiger partial charge in [-0.3, -0.25) is 24.1 Å². The lowest BCUT2D eigenvalue weighted by Gasteiger charge is -2.27. The van der Waals surface area contributed by atoms with Gasteiger partial charge in [-0.25, -0.2) is 0 Å². The maximum Gasteiger partial charge on any atom is 0.270 e. The lowest BCUT2D eigenvalue weighted by molar-refractivity contribution is -0.119. The van der Waals surface area contributed by atoms with Crippen LogP contribution in [0.25, 0.3) is 0 Å². The summed E-state index contributed by atoms with van der Waals surface area (Å²) in [5.41, 5.74) is 4.11. The molecule has 2 fully saturated rings. The summed E-state index contributed by atoms with van der Waals surface area (Å²) in [6, 6.07) is 1.16. The lowest BCUT2D eigenvalue weighted by Crippen LogP contribution is -2.50. The summed E-state index contributed by atoms with van der Waals surface area (Å²) in [7, 11) is 0. The Kier molecular flexibility index (Phi) is 6.21. The molecule has 2 amide bonds. The van der Waals surface area contributed by atoms with Crippen LogP contribution in [0.2, 0.25) is 0 Å². The van der Waals surface area contributed by atoms with Gasteiger partial charge in [-0.1, -0.05) is 0 Å². The Bertz CT molecular complexity index is 1180. The van der Waals surface area contributed by atoms with E-state index in [9.17, 15) is 9.59 Å². The molecule has 5 rings (SSSR count). The molecule has 2 aliphatic rings. The first-order valence-electron chi connectivity index (χ1n) is 12.5. The van der Waals surface area contributed by atoms with E-state index in [1.54, 1.807) is 27.8 Å². The third-order valence-electron chi connectivity index (χ3n) is 7.18. The number of nitrogens with zero attached hydrogens (tertiary/aromatic N) is 5. The number of amides is 2. The molecule has 1 atom stereocenters. The van der Waals surface area contributed by atoms with Gasteiger partial charge in [0, 0.05) is 29.7 Å². The largest absolute Gasteiger partial charge is 0.339 e. The maximum absolute atomic E-state index is 13.6. The van der Waals surface area contributed by atoms with E-state index >= 15 is 0 Å². The van der Waals surface area contributed by atoms with E-state index in [-0.39, 0.29) is 23.8 Å². The Morgan fingerprint density at radius 2 is 1.86 bits per heavy atom. The average molecular weight is 479 g/mol. The molecule has 0 spiro atoms. The fourth-order valence-corrected chi connectivity index (χ4v) is 5.05. The predicted molar refractivity (Wildman–Crippen MR) is 131 cm³/mol. The molecule has 186 valence electrons. The van der Waals surface area contributed by atoms with E-state index in [1.807, 2.05) is 33.9 Å². The zero-order chi connectivity index (χ0) is 24.7. The number of nitrogens with one attached hydrogen (secondary N) is 3. The van der Waals surface area contributed by atoms with Gasteiger partial charge in [0.25, 0.3) is 5.91 Å². The van der Waals surface area contributed by atoms with Gasteiger partial charge in [0.15, 0.2) is 0 Å². The fourth-order valence-electron chi connectivity index (χ4n) is 5.05. The maximum atomic E-state index is 13.6. The number of carbonyl (C=O) groups is 2. The van der Waals surface area contributed by atoms with Gasteiger partial charge in [0.2, 0.25) is 5.91 Å². The minimum absolute atomic E-state index is 0.0500. The summed E-state index contributed by atoms with van der Waals surface area (Å²) in [4.78, 5) is 26.8. The number of H-pyrrole nitrogens is 1. The molecule has 0 radical (unpaired) electrons. The number of hydrogen-bond acceptors (Lipinski definition) is 5. The van der Waals surface area contributed by atoms with Crippen molar-refractivity contribution in [3.63, 3.8) is 0 Å². The number of aromatic amines is 1. The molecule has 0 saturated heterocycles. The van der Waals surface area contributed by atoms with Crippen molar-refractivity contribution in [1.82, 2.24) is 35.1 Å². The molecule has 10 nitrogen and oxygen atoms in total. The number of hydrogen-bond donors (Lipinski definition) is 3. The summed E-state index contributed by atoms with van der Waals surface area (Å²) in [5, 5.41) is 22.0. The van der Waals surface area contributed by atoms with Crippen molar-refractivity contribution in [3.05, 3.63) is 47.3 Å². The molecule has 10 heteroatoms. The zero-order valence-electron chi connectivity index (χ0n) is 20.8. The van der Waals surface area contributed by atoms with Crippen LogP contribution in [-0.2, 0) is 11.3 Å². The third-order valence-corrected chi connectivity index (χ3v) is 7.18. The van der Waals surface area contributed by atoms with Crippen LogP contribution in [0, 0.1) is 31.6 Å². The summed E-state index contributed by atoms with van der Waals surface area (Å²) < 4.78 is 3.48. The van der Waals surface area contributed by atoms with Gasteiger partial charge < -0.3 is 10.6 Å². The number of aryl methyl sites for hydroxylation is 2. The zero-order valence-corrected chi connectivity index (χ0v) is 20.8. The molecule has 3 aromatic rings. The summed E-state index contributed by atoms with van der Waals surface area (Å²) in [6.45, 7) is 8.47. The summed E-state index contributed by atoms with van der Waals surface area (Å²) >= 11 is 0. The van der Waals surface area contributed by atoms with Crippen LogP contribution in [0.4, 0.5) is 5.69 Å². The SMILES string of the molecule is Cc1n[nH]c(C)c1Cn1cc(NC(=O)[C@@H](NC(=O)c2ccnn2C(C)C)C(C2CC2)C2CC2)cn1. The van der Waals surface area contributed by atoms with E-state index < -0.39 is 6.04 Å². The van der Waals surface area contributed by atoms with E-state index in [1.165, 1.54) is 0 Å². The predicted octanol–water partition coefficient (Wildman–Crippen LogP) is 3.22. The van der Waals surface area contributed by atoms with E-state index in [4.69, 9.17) is 0 Å². The van der Waals surface area contributed by atoms with Crippen LogP contribution in [0.15, 0.2) is 24.7 Å². The summed E-state index contributed by atoms with van der Waals surface area (Å²) in [6.07, 6.45) is 9.57. The molecule has 2 saturated carbocycles. The van der Waals surface area contributed by atoms with Crippen molar-refractivity contribution in [1.29, 1.82) is 0 Å². The van der Waals surface area contributed by atoms with Crippen LogP contribution in [-0.4, -0.2) is 47.6 Å². The highest BCUT2D eigenvalue weighted by molar-refractivity contribution is 6.00. The van der Waals surface area contributed by atoms with Crippen LogP contribution in [0.5, 0.6) is 0 Å². The Hall–Kier alpha value is -3.43. The second-order valence-corrected chi connectivity index (χ2v) is 10.3. The van der Waals surface area contributed by atoms with E-state index in [0.717, 1.165) is 42.6 Å². The van der Waals surface area contributed by atoms with Crippen molar-refractivity contribution >= 4 is 17.5 Å². The topological polar surface area (TPSA) is 123 Å².